The molecule has 0 aromatic heterocycles. The van der Waals surface area contributed by atoms with Gasteiger partial charge in [0.15, 0.2) is 0 Å². The summed E-state index contributed by atoms with van der Waals surface area (Å²) in [5.74, 6) is -0.669. The fourth-order valence-corrected chi connectivity index (χ4v) is 2.93. The van der Waals surface area contributed by atoms with E-state index in [1.807, 2.05) is 18.2 Å². The zero-order valence-electron chi connectivity index (χ0n) is 17.5. The second-order valence-electron chi connectivity index (χ2n) is 6.63. The number of hydrogen-bond acceptors (Lipinski definition) is 6. The van der Waals surface area contributed by atoms with Gasteiger partial charge in [0, 0.05) is 11.3 Å². The molecule has 2 amide bonds. The molecule has 0 radical (unpaired) electrons. The number of carbonyl (C=O) groups excluding carboxylic acids is 2. The van der Waals surface area contributed by atoms with Gasteiger partial charge in [0.1, 0.15) is 18.1 Å². The summed E-state index contributed by atoms with van der Waals surface area (Å²) in [6, 6.07) is 20.5. The van der Waals surface area contributed by atoms with Crippen molar-refractivity contribution in [1.29, 1.82) is 5.26 Å². The third-order valence-corrected chi connectivity index (χ3v) is 4.69. The minimum atomic E-state index is -0.939. The Labute approximate surface area is 195 Å². The van der Waals surface area contributed by atoms with Crippen LogP contribution in [0.5, 0.6) is 11.5 Å². The van der Waals surface area contributed by atoms with Gasteiger partial charge in [0.2, 0.25) is 0 Å². The maximum atomic E-state index is 12.0. The van der Waals surface area contributed by atoms with Crippen molar-refractivity contribution in [2.75, 3.05) is 12.4 Å². The van der Waals surface area contributed by atoms with E-state index in [1.165, 1.54) is 30.5 Å². The van der Waals surface area contributed by atoms with Crippen LogP contribution in [0.4, 0.5) is 5.69 Å². The molecule has 3 rings (SSSR count). The Hall–Kier alpha value is -4.35. The van der Waals surface area contributed by atoms with Gasteiger partial charge < -0.3 is 14.8 Å². The first kappa shape index (κ1) is 23.3. The number of amides is 2. The Morgan fingerprint density at radius 1 is 1.06 bits per heavy atom. The molecule has 3 aromatic rings. The van der Waals surface area contributed by atoms with Gasteiger partial charge in [0.25, 0.3) is 0 Å². The van der Waals surface area contributed by atoms with Crippen LogP contribution in [0.15, 0.2) is 71.8 Å². The number of hydrazone groups is 1. The molecule has 0 atom stereocenters. The molecule has 0 aliphatic heterocycles. The largest absolute Gasteiger partial charge is 0.496 e. The number of anilines is 1. The van der Waals surface area contributed by atoms with Crippen molar-refractivity contribution in [3.63, 3.8) is 0 Å². The fraction of sp³-hybridized carbons (Fsp3) is 0.0833. The highest BCUT2D eigenvalue weighted by Gasteiger charge is 2.13. The summed E-state index contributed by atoms with van der Waals surface area (Å²) in [7, 11) is 1.55. The number of ether oxygens (including phenoxy) is 2. The van der Waals surface area contributed by atoms with Crippen molar-refractivity contribution in [3.8, 4) is 17.6 Å². The molecular formula is C24H19ClN4O4. The van der Waals surface area contributed by atoms with Crippen LogP contribution in [0.25, 0.3) is 0 Å². The van der Waals surface area contributed by atoms with Crippen LogP contribution < -0.4 is 20.2 Å². The van der Waals surface area contributed by atoms with E-state index in [-0.39, 0.29) is 6.61 Å². The topological polar surface area (TPSA) is 113 Å². The lowest BCUT2D eigenvalue weighted by Crippen LogP contribution is -2.32. The summed E-state index contributed by atoms with van der Waals surface area (Å²) in [5.41, 5.74) is 4.40. The number of nitrogens with one attached hydrogen (secondary N) is 2. The van der Waals surface area contributed by atoms with E-state index < -0.39 is 11.8 Å². The van der Waals surface area contributed by atoms with Crippen LogP contribution in [0, 0.1) is 11.3 Å². The number of methoxy groups -OCH3 is 1. The molecule has 0 saturated heterocycles. The molecule has 166 valence electrons. The number of benzene rings is 3. The Bertz CT molecular complexity index is 1220. The molecule has 3 aromatic carbocycles. The van der Waals surface area contributed by atoms with Crippen LogP contribution >= 0.6 is 11.6 Å². The molecule has 9 heteroatoms. The number of nitriles is 1. The highest BCUT2D eigenvalue weighted by Crippen LogP contribution is 2.26. The molecule has 0 unspecified atom stereocenters. The Balaban J connectivity index is 1.60. The number of nitrogens with zero attached hydrogens (tertiary/aromatic N) is 2. The van der Waals surface area contributed by atoms with Crippen LogP contribution in [-0.2, 0) is 16.2 Å². The first-order chi connectivity index (χ1) is 16.0. The maximum Gasteiger partial charge on any atom is 0.329 e. The maximum absolute atomic E-state index is 12.0. The van der Waals surface area contributed by atoms with Crippen molar-refractivity contribution >= 4 is 35.3 Å². The summed E-state index contributed by atoms with van der Waals surface area (Å²) < 4.78 is 11.1. The van der Waals surface area contributed by atoms with E-state index in [2.05, 4.69) is 15.8 Å². The van der Waals surface area contributed by atoms with Crippen LogP contribution in [0.3, 0.4) is 0 Å². The second kappa shape index (κ2) is 11.3. The van der Waals surface area contributed by atoms with Crippen molar-refractivity contribution < 1.29 is 19.1 Å². The van der Waals surface area contributed by atoms with Gasteiger partial charge in [0.05, 0.1) is 30.0 Å². The highest BCUT2D eigenvalue weighted by atomic mass is 35.5. The Morgan fingerprint density at radius 2 is 1.82 bits per heavy atom. The van der Waals surface area contributed by atoms with E-state index >= 15 is 0 Å². The molecule has 0 aliphatic carbocycles. The van der Waals surface area contributed by atoms with E-state index in [9.17, 15) is 9.59 Å². The molecular weight excluding hydrogens is 444 g/mol. The SMILES string of the molecule is COc1ccc(C=NNC(=O)C(=O)Nc2ccc(C#N)cc2)cc1COc1ccccc1Cl. The van der Waals surface area contributed by atoms with E-state index in [1.54, 1.807) is 37.4 Å². The predicted molar refractivity (Wildman–Crippen MR) is 124 cm³/mol. The van der Waals surface area contributed by atoms with Gasteiger partial charge in [-0.15, -0.1) is 0 Å². The van der Waals surface area contributed by atoms with E-state index in [0.717, 1.165) is 5.56 Å². The lowest BCUT2D eigenvalue weighted by molar-refractivity contribution is -0.136. The normalized spacial score (nSPS) is 10.3. The molecule has 0 heterocycles. The molecule has 2 N–H and O–H groups in total. The predicted octanol–water partition coefficient (Wildman–Crippen LogP) is 3.89. The van der Waals surface area contributed by atoms with Crippen molar-refractivity contribution in [1.82, 2.24) is 5.43 Å². The first-order valence-electron chi connectivity index (χ1n) is 9.69. The van der Waals surface area contributed by atoms with Gasteiger partial charge in [-0.25, -0.2) is 5.43 Å². The molecule has 0 saturated carbocycles. The summed E-state index contributed by atoms with van der Waals surface area (Å²) >= 11 is 6.12. The summed E-state index contributed by atoms with van der Waals surface area (Å²) in [6.45, 7) is 0.202. The monoisotopic (exact) mass is 462 g/mol. The lowest BCUT2D eigenvalue weighted by Gasteiger charge is -2.12. The minimum absolute atomic E-state index is 0.202. The Morgan fingerprint density at radius 3 is 2.52 bits per heavy atom. The Kier molecular flexibility index (Phi) is 8.00. The van der Waals surface area contributed by atoms with E-state index in [0.29, 0.717) is 33.3 Å². The number of hydrogen-bond donors (Lipinski definition) is 2. The van der Waals surface area contributed by atoms with Crippen LogP contribution in [0.1, 0.15) is 16.7 Å². The number of carbonyl (C=O) groups is 2. The number of para-hydroxylation sites is 1. The van der Waals surface area contributed by atoms with Gasteiger partial charge in [-0.05, 0) is 60.2 Å². The molecule has 0 fully saturated rings. The van der Waals surface area contributed by atoms with Gasteiger partial charge in [-0.3, -0.25) is 9.59 Å². The lowest BCUT2D eigenvalue weighted by atomic mass is 10.1. The summed E-state index contributed by atoms with van der Waals surface area (Å²) in [6.07, 6.45) is 1.39. The molecule has 0 aliphatic rings. The van der Waals surface area contributed by atoms with Crippen molar-refractivity contribution in [2.24, 2.45) is 5.10 Å². The van der Waals surface area contributed by atoms with Crippen molar-refractivity contribution in [3.05, 3.63) is 88.4 Å². The highest BCUT2D eigenvalue weighted by molar-refractivity contribution is 6.39. The number of rotatable bonds is 7. The fourth-order valence-electron chi connectivity index (χ4n) is 2.74. The quantitative estimate of drug-likeness (QED) is 0.314. The van der Waals surface area contributed by atoms with Gasteiger partial charge >= 0.3 is 11.8 Å². The third kappa shape index (κ3) is 6.56. The standard InChI is InChI=1S/C24H19ClN4O4/c1-32-21-11-8-17(12-18(21)15-33-22-5-3-2-4-20(22)25)14-27-29-24(31)23(30)28-19-9-6-16(13-26)7-10-19/h2-12,14H,15H2,1H3,(H,28,30)(H,29,31). The van der Waals surface area contributed by atoms with E-state index in [4.69, 9.17) is 26.3 Å². The molecule has 0 spiro atoms. The summed E-state index contributed by atoms with van der Waals surface area (Å²) in [4.78, 5) is 24.0. The smallest absolute Gasteiger partial charge is 0.329 e. The van der Waals surface area contributed by atoms with Gasteiger partial charge in [-0.1, -0.05) is 23.7 Å². The zero-order valence-corrected chi connectivity index (χ0v) is 18.3. The molecule has 8 nitrogen and oxygen atoms in total. The van der Waals surface area contributed by atoms with Crippen molar-refractivity contribution in [2.45, 2.75) is 6.61 Å². The molecule has 0 bridgehead atoms. The molecule has 33 heavy (non-hydrogen) atoms. The van der Waals surface area contributed by atoms with Crippen LogP contribution in [0.2, 0.25) is 5.02 Å². The second-order valence-corrected chi connectivity index (χ2v) is 7.04. The zero-order chi connectivity index (χ0) is 23.6. The average Bonchev–Trinajstić information content (AvgIpc) is 2.84. The third-order valence-electron chi connectivity index (χ3n) is 4.38. The summed E-state index contributed by atoms with van der Waals surface area (Å²) in [5, 5.41) is 15.5. The van der Waals surface area contributed by atoms with Crippen LogP contribution in [-0.4, -0.2) is 25.1 Å². The minimum Gasteiger partial charge on any atom is -0.496 e. The average molecular weight is 463 g/mol. The number of halogens is 1. The van der Waals surface area contributed by atoms with Gasteiger partial charge in [-0.2, -0.15) is 10.4 Å². The first-order valence-corrected chi connectivity index (χ1v) is 10.1.